The molecule has 0 radical (unpaired) electrons. The van der Waals surface area contributed by atoms with E-state index in [0.29, 0.717) is 45.8 Å². The van der Waals surface area contributed by atoms with Gasteiger partial charge in [-0.05, 0) is 73.4 Å². The number of rotatable bonds is 14. The van der Waals surface area contributed by atoms with Crippen LogP contribution in [0.4, 0.5) is 5.69 Å². The van der Waals surface area contributed by atoms with Crippen molar-refractivity contribution in [2.45, 2.75) is 47.1 Å². The molecule has 0 atom stereocenters. The Hall–Kier alpha value is -3.72. The summed E-state index contributed by atoms with van der Waals surface area (Å²) in [6.45, 7) is 12.2. The van der Waals surface area contributed by atoms with E-state index in [9.17, 15) is 25.9 Å². The van der Waals surface area contributed by atoms with E-state index in [2.05, 4.69) is 25.7 Å². The summed E-state index contributed by atoms with van der Waals surface area (Å²) in [7, 11) is -8.65. The van der Waals surface area contributed by atoms with Crippen LogP contribution in [0.25, 0.3) is 28.3 Å². The molecule has 0 aliphatic carbocycles. The predicted molar refractivity (Wildman–Crippen MR) is 197 cm³/mol. The van der Waals surface area contributed by atoms with Gasteiger partial charge in [0.1, 0.15) is 10.1 Å². The molecular weight excluding hydrogens is 702 g/mol. The maximum atomic E-state index is 11.6. The molecule has 1 N–H and O–H groups in total. The van der Waals surface area contributed by atoms with Gasteiger partial charge in [0.05, 0.1) is 23.3 Å². The topological polar surface area (TPSA) is 144 Å². The zero-order valence-electron chi connectivity index (χ0n) is 28.7. The summed E-state index contributed by atoms with van der Waals surface area (Å²) < 4.78 is 80.5. The highest BCUT2D eigenvalue weighted by Crippen LogP contribution is 2.41. The fourth-order valence-electron chi connectivity index (χ4n) is 5.50. The Bertz CT molecular complexity index is 2040. The lowest BCUT2D eigenvalue weighted by atomic mass is 10.1. The molecule has 50 heavy (non-hydrogen) atoms. The van der Waals surface area contributed by atoms with Crippen LogP contribution in [0.15, 0.2) is 88.7 Å². The molecule has 0 unspecified atom stereocenters. The second kappa shape index (κ2) is 17.5. The molecule has 4 aromatic rings. The number of hydrogen-bond acceptors (Lipinski definition) is 9. The molecule has 2 heterocycles. The van der Waals surface area contributed by atoms with Crippen molar-refractivity contribution in [2.75, 3.05) is 42.6 Å². The average Bonchev–Trinajstić information content (AvgIpc) is 3.59. The Labute approximate surface area is 299 Å². The van der Waals surface area contributed by atoms with Crippen LogP contribution in [0.1, 0.15) is 46.4 Å². The molecule has 0 saturated heterocycles. The summed E-state index contributed by atoms with van der Waals surface area (Å²) in [6.07, 6.45) is 4.18. The van der Waals surface area contributed by atoms with E-state index in [0.717, 1.165) is 16.7 Å². The quantitative estimate of drug-likeness (QED) is 0.109. The van der Waals surface area contributed by atoms with Crippen molar-refractivity contribution in [3.05, 3.63) is 95.2 Å². The van der Waals surface area contributed by atoms with Crippen molar-refractivity contribution in [3.8, 4) is 16.9 Å². The minimum atomic E-state index is -4.50. The highest BCUT2D eigenvalue weighted by atomic mass is 35.5. The van der Waals surface area contributed by atoms with Gasteiger partial charge in [0.15, 0.2) is 12.3 Å². The molecule has 5 rings (SSSR count). The van der Waals surface area contributed by atoms with Gasteiger partial charge < -0.3 is 23.5 Å². The van der Waals surface area contributed by atoms with Crippen LogP contribution >= 0.6 is 11.6 Å². The molecule has 0 amide bonds. The van der Waals surface area contributed by atoms with E-state index in [-0.39, 0.29) is 19.5 Å². The number of oxazole rings is 1. The largest absolute Gasteiger partial charge is 0.748 e. The average molecular weight is 746 g/mol. The third-order valence-corrected chi connectivity index (χ3v) is 9.97. The van der Waals surface area contributed by atoms with E-state index in [1.54, 1.807) is 45.9 Å². The normalized spacial score (nSPS) is 14.2. The number of allylic oxidation sites excluding steroid dienone is 2. The van der Waals surface area contributed by atoms with E-state index in [1.165, 1.54) is 19.6 Å². The van der Waals surface area contributed by atoms with Crippen molar-refractivity contribution in [1.29, 1.82) is 0 Å². The summed E-state index contributed by atoms with van der Waals surface area (Å²) in [5, 5.41) is 0.473. The number of ether oxygens (including phenoxy) is 1. The number of halogens is 1. The number of nitrogens with zero attached hydrogens (tertiary/aromatic N) is 3. The first-order valence-corrected chi connectivity index (χ1v) is 20.1. The van der Waals surface area contributed by atoms with Gasteiger partial charge in [-0.3, -0.25) is 4.55 Å². The van der Waals surface area contributed by atoms with Crippen molar-refractivity contribution in [2.24, 2.45) is 0 Å². The standard InChI is InChI=1S/C30H29ClN2O8S2.C6H15N/c1-2-21(17-29-32(13-6-15-42(34,35)36)26-20-24(31)10-12-28(26)41-29)18-30-33(14-16-43(37,38)39)25-19-23(9-11-27(25)40-30)22-7-4-3-5-8-22;1-4-7(5-2)6-3/h3-5,7-12,17-20H,2,6,13-16H2,1H3,(H-,34,35,36,37,38,39);4-6H2,1-3H3. The molecule has 3 aromatic carbocycles. The molecule has 1 aliphatic heterocycles. The first kappa shape index (κ1) is 39.1. The molecular formula is C36H44ClN3O8S2. The Balaban J connectivity index is 0.000000727. The fraction of sp³-hybridized carbons (Fsp3) is 0.361. The van der Waals surface area contributed by atoms with Crippen molar-refractivity contribution in [1.82, 2.24) is 4.90 Å². The maximum absolute atomic E-state index is 11.6. The minimum Gasteiger partial charge on any atom is -0.748 e. The monoisotopic (exact) mass is 745 g/mol. The van der Waals surface area contributed by atoms with Gasteiger partial charge in [0.2, 0.25) is 11.5 Å². The Morgan fingerprint density at radius 3 is 2.24 bits per heavy atom. The zero-order valence-corrected chi connectivity index (χ0v) is 31.1. The van der Waals surface area contributed by atoms with Gasteiger partial charge in [-0.2, -0.15) is 13.0 Å². The summed E-state index contributed by atoms with van der Waals surface area (Å²) >= 11 is 6.22. The first-order valence-electron chi connectivity index (χ1n) is 16.5. The lowest BCUT2D eigenvalue weighted by molar-refractivity contribution is -0.673. The lowest BCUT2D eigenvalue weighted by Crippen LogP contribution is -2.38. The van der Waals surface area contributed by atoms with E-state index in [1.807, 2.05) is 49.4 Å². The zero-order chi connectivity index (χ0) is 36.5. The third kappa shape index (κ3) is 10.9. The first-order chi connectivity index (χ1) is 23.7. The van der Waals surface area contributed by atoms with E-state index in [4.69, 9.17) is 20.8 Å². The summed E-state index contributed by atoms with van der Waals surface area (Å²) in [5.74, 6) is 0.249. The summed E-state index contributed by atoms with van der Waals surface area (Å²) in [6, 6.07) is 20.4. The van der Waals surface area contributed by atoms with Gasteiger partial charge in [0.25, 0.3) is 15.6 Å². The molecule has 270 valence electrons. The number of aryl methyl sites for hydroxylation is 1. The molecule has 14 heteroatoms. The maximum Gasteiger partial charge on any atom is 0.374 e. The van der Waals surface area contributed by atoms with Crippen molar-refractivity contribution in [3.63, 3.8) is 0 Å². The highest BCUT2D eigenvalue weighted by molar-refractivity contribution is 7.85. The third-order valence-electron chi connectivity index (χ3n) is 8.25. The van der Waals surface area contributed by atoms with Gasteiger partial charge >= 0.3 is 5.89 Å². The number of anilines is 1. The second-order valence-corrected chi connectivity index (χ2v) is 15.1. The Kier molecular flexibility index (Phi) is 13.7. The molecule has 1 aliphatic rings. The minimum absolute atomic E-state index is 0.112. The van der Waals surface area contributed by atoms with Crippen LogP contribution in [0.3, 0.4) is 0 Å². The number of hydrogen-bond donors (Lipinski definition) is 1. The van der Waals surface area contributed by atoms with Gasteiger partial charge in [-0.25, -0.2) is 8.42 Å². The van der Waals surface area contributed by atoms with Crippen LogP contribution in [-0.4, -0.2) is 68.5 Å². The molecule has 0 bridgehead atoms. The van der Waals surface area contributed by atoms with E-state index >= 15 is 0 Å². The highest BCUT2D eigenvalue weighted by Gasteiger charge is 2.28. The van der Waals surface area contributed by atoms with Gasteiger partial charge in [-0.1, -0.05) is 75.7 Å². The van der Waals surface area contributed by atoms with Gasteiger partial charge in [-0.15, -0.1) is 0 Å². The van der Waals surface area contributed by atoms with Crippen LogP contribution in [0.5, 0.6) is 5.75 Å². The lowest BCUT2D eigenvalue weighted by Gasteiger charge is -2.18. The van der Waals surface area contributed by atoms with E-state index < -0.39 is 31.7 Å². The predicted octanol–water partition coefficient (Wildman–Crippen LogP) is 6.75. The number of fused-ring (bicyclic) bond motifs is 2. The van der Waals surface area contributed by atoms with Crippen molar-refractivity contribution >= 4 is 54.7 Å². The van der Waals surface area contributed by atoms with Gasteiger partial charge in [0, 0.05) is 23.7 Å². The summed E-state index contributed by atoms with van der Waals surface area (Å²) in [4.78, 5) is 4.15. The SMILES string of the molecule is CCC(=Cc1oc2ccc(-c3ccccc3)cc2[n+]1CCS(=O)(=O)[O-])C=C1Oc2ccc(Cl)cc2N1CCCS(=O)(=O)O.CCN(CC)CC. The summed E-state index contributed by atoms with van der Waals surface area (Å²) in [5.41, 5.74) is 4.41. The molecule has 11 nitrogen and oxygen atoms in total. The molecule has 0 saturated carbocycles. The fourth-order valence-corrected chi connectivity index (χ4v) is 6.57. The van der Waals surface area contributed by atoms with Crippen LogP contribution < -0.4 is 14.2 Å². The molecule has 0 fully saturated rings. The Morgan fingerprint density at radius 1 is 0.940 bits per heavy atom. The molecule has 0 spiro atoms. The van der Waals surface area contributed by atoms with Crippen LogP contribution in [0, 0.1) is 0 Å². The molecule has 1 aromatic heterocycles. The van der Waals surface area contributed by atoms with Crippen LogP contribution in [-0.2, 0) is 26.8 Å². The van der Waals surface area contributed by atoms with Crippen LogP contribution in [0.2, 0.25) is 5.02 Å². The van der Waals surface area contributed by atoms with Crippen molar-refractivity contribution < 1.29 is 39.7 Å². The number of aromatic nitrogens is 1. The number of benzene rings is 3. The Morgan fingerprint density at radius 2 is 1.64 bits per heavy atom. The second-order valence-electron chi connectivity index (χ2n) is 11.6. The smallest absolute Gasteiger partial charge is 0.374 e.